The first kappa shape index (κ1) is 13.8. The molecule has 100 valence electrons. The van der Waals surface area contributed by atoms with Crippen LogP contribution in [0.1, 0.15) is 25.7 Å². The minimum absolute atomic E-state index is 0.394. The maximum absolute atomic E-state index is 6.03. The lowest BCUT2D eigenvalue weighted by molar-refractivity contribution is 0.0981. The first-order chi connectivity index (χ1) is 8.66. The predicted octanol–water partition coefficient (Wildman–Crippen LogP) is 3.91. The Morgan fingerprint density at radius 3 is 2.67 bits per heavy atom. The maximum Gasteiger partial charge on any atom is 0.156 e. The largest absolute Gasteiger partial charge is 0.490 e. The normalized spacial score (nSPS) is 19.1. The average molecular weight is 290 g/mol. The van der Waals surface area contributed by atoms with Gasteiger partial charge in [-0.05, 0) is 37.8 Å². The average Bonchev–Trinajstić information content (AvgIpc) is 2.79. The Bertz CT molecular complexity index is 383. The van der Waals surface area contributed by atoms with E-state index in [1.165, 1.54) is 6.42 Å². The summed E-state index contributed by atoms with van der Waals surface area (Å²) in [5.41, 5.74) is 6.16. The number of rotatable bonds is 5. The Kier molecular flexibility index (Phi) is 4.98. The predicted molar refractivity (Wildman–Crippen MR) is 74.6 cm³/mol. The number of anilines is 1. The maximum atomic E-state index is 6.03. The van der Waals surface area contributed by atoms with Crippen molar-refractivity contribution in [1.29, 1.82) is 0 Å². The van der Waals surface area contributed by atoms with Gasteiger partial charge in [-0.3, -0.25) is 0 Å². The van der Waals surface area contributed by atoms with E-state index in [1.807, 2.05) is 0 Å². The van der Waals surface area contributed by atoms with Gasteiger partial charge in [0.05, 0.1) is 22.8 Å². The van der Waals surface area contributed by atoms with Gasteiger partial charge >= 0.3 is 0 Å². The topological polar surface area (TPSA) is 44.5 Å². The lowest BCUT2D eigenvalue weighted by atomic mass is 10.1. The molecule has 0 spiro atoms. The van der Waals surface area contributed by atoms with Crippen LogP contribution in [0.25, 0.3) is 0 Å². The highest BCUT2D eigenvalue weighted by Gasteiger charge is 2.15. The summed E-state index contributed by atoms with van der Waals surface area (Å²) in [5.74, 6) is 0.514. The molecule has 2 rings (SSSR count). The van der Waals surface area contributed by atoms with Crippen molar-refractivity contribution in [3.8, 4) is 5.75 Å². The van der Waals surface area contributed by atoms with Crippen molar-refractivity contribution >= 4 is 28.9 Å². The first-order valence-electron chi connectivity index (χ1n) is 6.16. The van der Waals surface area contributed by atoms with Crippen LogP contribution in [0, 0.1) is 0 Å². The molecule has 1 unspecified atom stereocenters. The molecule has 1 aromatic carbocycles. The summed E-state index contributed by atoms with van der Waals surface area (Å²) in [5, 5.41) is 0.911. The van der Waals surface area contributed by atoms with Crippen LogP contribution in [0.2, 0.25) is 10.0 Å². The lowest BCUT2D eigenvalue weighted by Gasteiger charge is -2.12. The minimum atomic E-state index is 0.394. The summed E-state index contributed by atoms with van der Waals surface area (Å²) in [4.78, 5) is 0. The zero-order valence-corrected chi connectivity index (χ0v) is 11.6. The van der Waals surface area contributed by atoms with E-state index in [9.17, 15) is 0 Å². The number of nitrogen functional groups attached to an aromatic ring is 1. The third-order valence-corrected chi connectivity index (χ3v) is 3.52. The second-order valence-corrected chi connectivity index (χ2v) is 5.25. The van der Waals surface area contributed by atoms with Crippen LogP contribution in [-0.2, 0) is 4.74 Å². The zero-order chi connectivity index (χ0) is 13.0. The Morgan fingerprint density at radius 2 is 2.06 bits per heavy atom. The summed E-state index contributed by atoms with van der Waals surface area (Å²) < 4.78 is 11.2. The fourth-order valence-corrected chi connectivity index (χ4v) is 2.69. The number of nitrogens with two attached hydrogens (primary N) is 1. The van der Waals surface area contributed by atoms with E-state index in [-0.39, 0.29) is 0 Å². The molecule has 0 bridgehead atoms. The van der Waals surface area contributed by atoms with Crippen LogP contribution in [0.4, 0.5) is 5.69 Å². The molecule has 1 fully saturated rings. The Hall–Kier alpha value is -0.640. The van der Waals surface area contributed by atoms with Crippen LogP contribution < -0.4 is 10.5 Å². The van der Waals surface area contributed by atoms with Gasteiger partial charge in [0.1, 0.15) is 0 Å². The van der Waals surface area contributed by atoms with Gasteiger partial charge in [-0.2, -0.15) is 0 Å². The standard InChI is InChI=1S/C13H17Cl2NO2/c14-11-7-9(16)8-12(15)13(11)18-6-2-4-10-3-1-5-17-10/h7-8,10H,1-6,16H2. The molecule has 1 aromatic rings. The van der Waals surface area contributed by atoms with Crippen LogP contribution >= 0.6 is 23.2 Å². The smallest absolute Gasteiger partial charge is 0.156 e. The van der Waals surface area contributed by atoms with Crippen LogP contribution in [-0.4, -0.2) is 19.3 Å². The van der Waals surface area contributed by atoms with Crippen molar-refractivity contribution in [2.24, 2.45) is 0 Å². The Balaban J connectivity index is 1.79. The van der Waals surface area contributed by atoms with Crippen LogP contribution in [0.5, 0.6) is 5.75 Å². The molecule has 18 heavy (non-hydrogen) atoms. The van der Waals surface area contributed by atoms with E-state index in [1.54, 1.807) is 12.1 Å². The second-order valence-electron chi connectivity index (χ2n) is 4.44. The van der Waals surface area contributed by atoms with Gasteiger partial charge in [-0.25, -0.2) is 0 Å². The SMILES string of the molecule is Nc1cc(Cl)c(OCCCC2CCCO2)c(Cl)c1. The van der Waals surface area contributed by atoms with E-state index in [0.717, 1.165) is 25.9 Å². The van der Waals surface area contributed by atoms with E-state index in [0.29, 0.717) is 34.2 Å². The molecular weight excluding hydrogens is 273 g/mol. The van der Waals surface area contributed by atoms with Crippen molar-refractivity contribution < 1.29 is 9.47 Å². The first-order valence-corrected chi connectivity index (χ1v) is 6.91. The molecule has 1 heterocycles. The molecule has 1 atom stereocenters. The van der Waals surface area contributed by atoms with Gasteiger partial charge in [0.15, 0.2) is 5.75 Å². The second kappa shape index (κ2) is 6.50. The summed E-state index contributed by atoms with van der Waals surface area (Å²) in [7, 11) is 0. The van der Waals surface area contributed by atoms with Crippen molar-refractivity contribution in [3.63, 3.8) is 0 Å². The Labute approximate surface area is 117 Å². The number of hydrogen-bond acceptors (Lipinski definition) is 3. The summed E-state index contributed by atoms with van der Waals surface area (Å²) >= 11 is 12.1. The number of benzene rings is 1. The molecule has 2 N–H and O–H groups in total. The number of hydrogen-bond donors (Lipinski definition) is 1. The molecule has 0 aromatic heterocycles. The van der Waals surface area contributed by atoms with E-state index in [2.05, 4.69) is 0 Å². The fourth-order valence-electron chi connectivity index (χ4n) is 2.07. The third-order valence-electron chi connectivity index (χ3n) is 2.96. The zero-order valence-electron chi connectivity index (χ0n) is 10.1. The molecule has 5 heteroatoms. The summed E-state index contributed by atoms with van der Waals surface area (Å²) in [6.07, 6.45) is 4.67. The van der Waals surface area contributed by atoms with Crippen LogP contribution in [0.15, 0.2) is 12.1 Å². The van der Waals surface area contributed by atoms with Crippen molar-refractivity contribution in [1.82, 2.24) is 0 Å². The molecule has 1 aliphatic heterocycles. The van der Waals surface area contributed by atoms with E-state index in [4.69, 9.17) is 38.4 Å². The van der Waals surface area contributed by atoms with Crippen molar-refractivity contribution in [2.75, 3.05) is 18.9 Å². The third kappa shape index (κ3) is 3.67. The highest BCUT2D eigenvalue weighted by Crippen LogP contribution is 2.35. The fraction of sp³-hybridized carbons (Fsp3) is 0.538. The molecule has 1 saturated heterocycles. The Morgan fingerprint density at radius 1 is 1.33 bits per heavy atom. The molecule has 0 amide bonds. The van der Waals surface area contributed by atoms with Gasteiger partial charge in [-0.15, -0.1) is 0 Å². The molecule has 0 aliphatic carbocycles. The van der Waals surface area contributed by atoms with Crippen LogP contribution in [0.3, 0.4) is 0 Å². The molecular formula is C13H17Cl2NO2. The van der Waals surface area contributed by atoms with Gasteiger partial charge < -0.3 is 15.2 Å². The van der Waals surface area contributed by atoms with Gasteiger partial charge in [-0.1, -0.05) is 23.2 Å². The van der Waals surface area contributed by atoms with Crippen molar-refractivity contribution in [2.45, 2.75) is 31.8 Å². The lowest BCUT2D eigenvalue weighted by Crippen LogP contribution is -2.08. The highest BCUT2D eigenvalue weighted by atomic mass is 35.5. The molecule has 1 aliphatic rings. The summed E-state index contributed by atoms with van der Waals surface area (Å²) in [6, 6.07) is 3.28. The van der Waals surface area contributed by atoms with Gasteiger partial charge in [0, 0.05) is 12.3 Å². The highest BCUT2D eigenvalue weighted by molar-refractivity contribution is 6.37. The van der Waals surface area contributed by atoms with Gasteiger partial charge in [0.2, 0.25) is 0 Å². The summed E-state index contributed by atoms with van der Waals surface area (Å²) in [6.45, 7) is 1.48. The molecule has 0 radical (unpaired) electrons. The number of halogens is 2. The van der Waals surface area contributed by atoms with Gasteiger partial charge in [0.25, 0.3) is 0 Å². The van der Waals surface area contributed by atoms with E-state index >= 15 is 0 Å². The minimum Gasteiger partial charge on any atom is -0.490 e. The molecule has 3 nitrogen and oxygen atoms in total. The molecule has 0 saturated carbocycles. The number of ether oxygens (including phenoxy) is 2. The van der Waals surface area contributed by atoms with E-state index < -0.39 is 0 Å². The quantitative estimate of drug-likeness (QED) is 0.660. The van der Waals surface area contributed by atoms with Crippen molar-refractivity contribution in [3.05, 3.63) is 22.2 Å². The monoisotopic (exact) mass is 289 g/mol.